The second-order valence-electron chi connectivity index (χ2n) is 6.91. The van der Waals surface area contributed by atoms with Crippen molar-refractivity contribution < 1.29 is 18.0 Å². The first kappa shape index (κ1) is 23.3. The van der Waals surface area contributed by atoms with E-state index in [4.69, 9.17) is 11.6 Å². The lowest BCUT2D eigenvalue weighted by Gasteiger charge is -2.15. The summed E-state index contributed by atoms with van der Waals surface area (Å²) in [4.78, 5) is 37.0. The lowest BCUT2D eigenvalue weighted by Crippen LogP contribution is -2.29. The van der Waals surface area contributed by atoms with Crippen molar-refractivity contribution in [1.82, 2.24) is 35.4 Å². The third kappa shape index (κ3) is 5.08. The van der Waals surface area contributed by atoms with Gasteiger partial charge >= 0.3 is 0 Å². The molecule has 0 fully saturated rings. The van der Waals surface area contributed by atoms with Crippen LogP contribution in [0.4, 0.5) is 0 Å². The van der Waals surface area contributed by atoms with Gasteiger partial charge in [0.2, 0.25) is 0 Å². The second-order valence-corrected chi connectivity index (χ2v) is 9.36. The van der Waals surface area contributed by atoms with Crippen molar-refractivity contribution in [2.75, 3.05) is 13.3 Å². The molecule has 1 atom stereocenters. The van der Waals surface area contributed by atoms with Crippen LogP contribution in [-0.4, -0.2) is 58.3 Å². The summed E-state index contributed by atoms with van der Waals surface area (Å²) in [6.45, 7) is 3.35. The molecule has 32 heavy (non-hydrogen) atoms. The van der Waals surface area contributed by atoms with Crippen LogP contribution >= 0.6 is 11.6 Å². The highest BCUT2D eigenvalue weighted by Gasteiger charge is 2.22. The molecular formula is C19H20ClN7O4S. The maximum Gasteiger partial charge on any atom is 0.269 e. The summed E-state index contributed by atoms with van der Waals surface area (Å²) in [5, 5.41) is 9.65. The Morgan fingerprint density at radius 3 is 2.50 bits per heavy atom. The Balaban J connectivity index is 1.92. The summed E-state index contributed by atoms with van der Waals surface area (Å²) >= 11 is 6.00. The number of hydrogen-bond acceptors (Lipinski definition) is 8. The molecule has 168 valence electrons. The Morgan fingerprint density at radius 1 is 1.12 bits per heavy atom. The Hall–Kier alpha value is -3.38. The second kappa shape index (κ2) is 9.01. The number of nitrogens with one attached hydrogen (secondary N) is 2. The fraction of sp³-hybridized carbons (Fsp3) is 0.263. The van der Waals surface area contributed by atoms with E-state index in [1.165, 1.54) is 42.3 Å². The van der Waals surface area contributed by atoms with Crippen LogP contribution in [0.1, 0.15) is 45.5 Å². The zero-order valence-electron chi connectivity index (χ0n) is 17.6. The van der Waals surface area contributed by atoms with Gasteiger partial charge in [0.1, 0.15) is 17.8 Å². The molecule has 0 saturated heterocycles. The quantitative estimate of drug-likeness (QED) is 0.539. The number of sulfone groups is 1. The fourth-order valence-corrected chi connectivity index (χ4v) is 3.83. The smallest absolute Gasteiger partial charge is 0.269 e. The van der Waals surface area contributed by atoms with Crippen LogP contribution in [0, 0.1) is 6.92 Å². The molecule has 2 amide bonds. The Labute approximate surface area is 189 Å². The van der Waals surface area contributed by atoms with Crippen LogP contribution in [0.2, 0.25) is 5.02 Å². The summed E-state index contributed by atoms with van der Waals surface area (Å²) in [5.74, 6) is 0.116. The van der Waals surface area contributed by atoms with Gasteiger partial charge in [-0.1, -0.05) is 11.6 Å². The minimum Gasteiger partial charge on any atom is -0.354 e. The number of nitrogens with zero attached hydrogens (tertiary/aromatic N) is 5. The monoisotopic (exact) mass is 477 g/mol. The first-order valence-corrected chi connectivity index (χ1v) is 11.6. The van der Waals surface area contributed by atoms with E-state index in [0.717, 1.165) is 6.26 Å². The van der Waals surface area contributed by atoms with E-state index >= 15 is 0 Å². The number of aryl methyl sites for hydroxylation is 1. The average Bonchev–Trinajstić information content (AvgIpc) is 3.14. The largest absolute Gasteiger partial charge is 0.354 e. The van der Waals surface area contributed by atoms with Gasteiger partial charge in [0.25, 0.3) is 11.8 Å². The summed E-state index contributed by atoms with van der Waals surface area (Å²) in [6.07, 6.45) is 2.26. The highest BCUT2D eigenvalue weighted by atomic mass is 35.5. The maximum atomic E-state index is 12.8. The summed E-state index contributed by atoms with van der Waals surface area (Å²) in [7, 11) is -2.07. The fourth-order valence-electron chi connectivity index (χ4n) is 2.85. The van der Waals surface area contributed by atoms with Crippen molar-refractivity contribution >= 4 is 33.3 Å². The van der Waals surface area contributed by atoms with Gasteiger partial charge < -0.3 is 10.6 Å². The molecule has 3 rings (SSSR count). The molecule has 2 aromatic heterocycles. The SMILES string of the molecule is CNC(=O)c1cc(-n2nc(C)nc2[C@H](C)NC(=O)c2cc(Cl)cc(S(C)(=O)=O)c2)ncn1. The van der Waals surface area contributed by atoms with E-state index in [0.29, 0.717) is 11.6 Å². The van der Waals surface area contributed by atoms with Gasteiger partial charge in [-0.15, -0.1) is 5.10 Å². The van der Waals surface area contributed by atoms with Gasteiger partial charge in [-0.2, -0.15) is 4.68 Å². The Kier molecular flexibility index (Phi) is 6.55. The lowest BCUT2D eigenvalue weighted by molar-refractivity contribution is 0.0935. The maximum absolute atomic E-state index is 12.8. The summed E-state index contributed by atoms with van der Waals surface area (Å²) in [5.41, 5.74) is 0.219. The van der Waals surface area contributed by atoms with E-state index in [1.807, 2.05) is 0 Å². The van der Waals surface area contributed by atoms with E-state index < -0.39 is 27.7 Å². The molecule has 0 spiro atoms. The Bertz CT molecular complexity index is 1310. The summed E-state index contributed by atoms with van der Waals surface area (Å²) in [6, 6.07) is 4.69. The molecule has 2 heterocycles. The number of amides is 2. The van der Waals surface area contributed by atoms with Crippen molar-refractivity contribution in [2.24, 2.45) is 0 Å². The molecule has 0 radical (unpaired) electrons. The normalized spacial score (nSPS) is 12.3. The third-order valence-electron chi connectivity index (χ3n) is 4.36. The topological polar surface area (TPSA) is 149 Å². The molecule has 1 aromatic carbocycles. The van der Waals surface area contributed by atoms with Gasteiger partial charge in [-0.25, -0.2) is 23.4 Å². The molecule has 0 aliphatic heterocycles. The predicted octanol–water partition coefficient (Wildman–Crippen LogP) is 1.27. The number of benzene rings is 1. The van der Waals surface area contributed by atoms with Crippen LogP contribution < -0.4 is 10.6 Å². The van der Waals surface area contributed by atoms with Crippen molar-refractivity contribution in [1.29, 1.82) is 0 Å². The van der Waals surface area contributed by atoms with Crippen molar-refractivity contribution in [3.05, 3.63) is 58.5 Å². The van der Waals surface area contributed by atoms with Crippen LogP contribution in [0.15, 0.2) is 35.5 Å². The zero-order valence-corrected chi connectivity index (χ0v) is 19.2. The molecule has 13 heteroatoms. The van der Waals surface area contributed by atoms with Crippen LogP contribution in [-0.2, 0) is 9.84 Å². The highest BCUT2D eigenvalue weighted by Crippen LogP contribution is 2.21. The van der Waals surface area contributed by atoms with E-state index in [2.05, 4.69) is 30.7 Å². The molecule has 3 aromatic rings. The first-order chi connectivity index (χ1) is 15.0. The number of carbonyl (C=O) groups excluding carboxylic acids is 2. The minimum absolute atomic E-state index is 0.0652. The zero-order chi connectivity index (χ0) is 23.6. The van der Waals surface area contributed by atoms with Crippen LogP contribution in [0.25, 0.3) is 5.82 Å². The number of hydrogen-bond donors (Lipinski definition) is 2. The number of carbonyl (C=O) groups is 2. The summed E-state index contributed by atoms with van der Waals surface area (Å²) < 4.78 is 25.1. The molecule has 2 N–H and O–H groups in total. The van der Waals surface area contributed by atoms with Crippen molar-refractivity contribution in [2.45, 2.75) is 24.8 Å². The van der Waals surface area contributed by atoms with Gasteiger partial charge in [0, 0.05) is 30.0 Å². The van der Waals surface area contributed by atoms with Gasteiger partial charge in [-0.05, 0) is 32.0 Å². The molecule has 0 unspecified atom stereocenters. The van der Waals surface area contributed by atoms with Gasteiger partial charge in [0.15, 0.2) is 21.5 Å². The Morgan fingerprint density at radius 2 is 1.84 bits per heavy atom. The van der Waals surface area contributed by atoms with Crippen LogP contribution in [0.3, 0.4) is 0 Å². The highest BCUT2D eigenvalue weighted by molar-refractivity contribution is 7.90. The number of aromatic nitrogens is 5. The predicted molar refractivity (Wildman–Crippen MR) is 116 cm³/mol. The van der Waals surface area contributed by atoms with Crippen LogP contribution in [0.5, 0.6) is 0 Å². The molecule has 0 bridgehead atoms. The average molecular weight is 478 g/mol. The molecule has 11 nitrogen and oxygen atoms in total. The van der Waals surface area contributed by atoms with E-state index in [1.54, 1.807) is 13.8 Å². The van der Waals surface area contributed by atoms with E-state index in [-0.39, 0.29) is 27.0 Å². The van der Waals surface area contributed by atoms with Crippen molar-refractivity contribution in [3.8, 4) is 5.82 Å². The van der Waals surface area contributed by atoms with E-state index in [9.17, 15) is 18.0 Å². The number of rotatable bonds is 6. The molecule has 0 aliphatic rings. The molecular weight excluding hydrogens is 458 g/mol. The minimum atomic E-state index is -3.55. The first-order valence-electron chi connectivity index (χ1n) is 9.29. The third-order valence-corrected chi connectivity index (χ3v) is 5.67. The molecule has 0 aliphatic carbocycles. The van der Waals surface area contributed by atoms with Crippen molar-refractivity contribution in [3.63, 3.8) is 0 Å². The lowest BCUT2D eigenvalue weighted by atomic mass is 10.2. The number of halogens is 1. The standard InChI is InChI=1S/C19H20ClN7O4S/c1-10(24-18(28)12-5-13(20)7-14(6-12)32(4,30)31)17-25-11(2)26-27(17)16-8-15(19(29)21-3)22-9-23-16/h5-10H,1-4H3,(H,21,29)(H,24,28)/t10-/m0/s1. The van der Waals surface area contributed by atoms with Gasteiger partial charge in [-0.3, -0.25) is 9.59 Å². The van der Waals surface area contributed by atoms with Gasteiger partial charge in [0.05, 0.1) is 10.9 Å². The molecule has 0 saturated carbocycles.